The first kappa shape index (κ1) is 19.2. The Morgan fingerprint density at radius 2 is 2.12 bits per heavy atom. The third kappa shape index (κ3) is 5.69. The highest BCUT2D eigenvalue weighted by molar-refractivity contribution is 5.79. The van der Waals surface area contributed by atoms with Crippen LogP contribution in [0.25, 0.3) is 0 Å². The Labute approximate surface area is 147 Å². The topological polar surface area (TPSA) is 77.4 Å². The molecule has 1 fully saturated rings. The highest BCUT2D eigenvalue weighted by Gasteiger charge is 2.26. The third-order valence-electron chi connectivity index (χ3n) is 4.37. The Bertz CT molecular complexity index is 610. The summed E-state index contributed by atoms with van der Waals surface area (Å²) < 4.78 is 19.0. The number of anilines is 1. The van der Waals surface area contributed by atoms with Gasteiger partial charge in [-0.05, 0) is 31.0 Å². The maximum Gasteiger partial charge on any atom is 0.223 e. The predicted octanol–water partition coefficient (Wildman–Crippen LogP) is 1.27. The van der Waals surface area contributed by atoms with E-state index in [4.69, 9.17) is 10.00 Å². The quantitative estimate of drug-likeness (QED) is 0.692. The molecule has 0 saturated carbocycles. The lowest BCUT2D eigenvalue weighted by Crippen LogP contribution is -2.42. The number of carbonyl (C=O) groups is 1. The molecule has 2 rings (SSSR count). The Hall–Kier alpha value is -2.17. The summed E-state index contributed by atoms with van der Waals surface area (Å²) in [5, 5.41) is 14.9. The predicted molar refractivity (Wildman–Crippen MR) is 93.8 cm³/mol. The second-order valence-corrected chi connectivity index (χ2v) is 6.07. The SMILES string of the molecule is COCCNCCNC(=O)C1CCN(c2ccc(C#N)cc2F)CC1. The van der Waals surface area contributed by atoms with Crippen LogP contribution in [0.3, 0.4) is 0 Å². The van der Waals surface area contributed by atoms with Crippen molar-refractivity contribution in [3.05, 3.63) is 29.6 Å². The van der Waals surface area contributed by atoms with Crippen molar-refractivity contribution in [2.75, 3.05) is 51.3 Å². The zero-order valence-electron chi connectivity index (χ0n) is 14.6. The number of hydrogen-bond acceptors (Lipinski definition) is 5. The molecule has 1 saturated heterocycles. The van der Waals surface area contributed by atoms with Gasteiger partial charge >= 0.3 is 0 Å². The third-order valence-corrected chi connectivity index (χ3v) is 4.37. The number of nitriles is 1. The van der Waals surface area contributed by atoms with Gasteiger partial charge in [-0.3, -0.25) is 4.79 Å². The fraction of sp³-hybridized carbons (Fsp3) is 0.556. The number of nitrogens with zero attached hydrogens (tertiary/aromatic N) is 2. The van der Waals surface area contributed by atoms with E-state index in [1.54, 1.807) is 19.2 Å². The summed E-state index contributed by atoms with van der Waals surface area (Å²) in [7, 11) is 1.65. The van der Waals surface area contributed by atoms with Crippen LogP contribution in [0.4, 0.5) is 10.1 Å². The molecule has 1 heterocycles. The molecular weight excluding hydrogens is 323 g/mol. The molecule has 0 atom stereocenters. The lowest BCUT2D eigenvalue weighted by atomic mass is 9.95. The minimum atomic E-state index is -0.385. The van der Waals surface area contributed by atoms with Crippen molar-refractivity contribution in [3.8, 4) is 6.07 Å². The van der Waals surface area contributed by atoms with Gasteiger partial charge in [0.1, 0.15) is 5.82 Å². The van der Waals surface area contributed by atoms with Gasteiger partial charge in [-0.15, -0.1) is 0 Å². The molecule has 1 aliphatic heterocycles. The molecule has 136 valence electrons. The van der Waals surface area contributed by atoms with Crippen LogP contribution < -0.4 is 15.5 Å². The molecule has 0 radical (unpaired) electrons. The molecule has 0 spiro atoms. The fourth-order valence-corrected chi connectivity index (χ4v) is 2.93. The summed E-state index contributed by atoms with van der Waals surface area (Å²) in [5.74, 6) is -0.353. The number of methoxy groups -OCH3 is 1. The smallest absolute Gasteiger partial charge is 0.223 e. The molecule has 25 heavy (non-hydrogen) atoms. The Morgan fingerprint density at radius 3 is 2.76 bits per heavy atom. The van der Waals surface area contributed by atoms with E-state index in [9.17, 15) is 9.18 Å². The Balaban J connectivity index is 1.74. The number of benzene rings is 1. The first-order chi connectivity index (χ1) is 12.2. The average Bonchev–Trinajstić information content (AvgIpc) is 2.64. The second-order valence-electron chi connectivity index (χ2n) is 6.07. The first-order valence-electron chi connectivity index (χ1n) is 8.57. The molecule has 0 aromatic heterocycles. The van der Waals surface area contributed by atoms with E-state index in [1.807, 2.05) is 11.0 Å². The summed E-state index contributed by atoms with van der Waals surface area (Å²) in [5.41, 5.74) is 0.815. The highest BCUT2D eigenvalue weighted by atomic mass is 19.1. The van der Waals surface area contributed by atoms with Gasteiger partial charge < -0.3 is 20.3 Å². The highest BCUT2D eigenvalue weighted by Crippen LogP contribution is 2.26. The molecule has 1 amide bonds. The fourth-order valence-electron chi connectivity index (χ4n) is 2.93. The van der Waals surface area contributed by atoms with Gasteiger partial charge in [-0.25, -0.2) is 4.39 Å². The molecule has 0 bridgehead atoms. The van der Waals surface area contributed by atoms with E-state index in [0.29, 0.717) is 56.9 Å². The number of piperidine rings is 1. The van der Waals surface area contributed by atoms with Gasteiger partial charge in [0.15, 0.2) is 0 Å². The molecule has 1 aromatic rings. The molecule has 1 aliphatic rings. The molecule has 2 N–H and O–H groups in total. The summed E-state index contributed by atoms with van der Waals surface area (Å²) in [6.45, 7) is 3.98. The molecule has 0 aliphatic carbocycles. The van der Waals surface area contributed by atoms with Crippen LogP contribution >= 0.6 is 0 Å². The lowest BCUT2D eigenvalue weighted by Gasteiger charge is -2.33. The first-order valence-corrected chi connectivity index (χ1v) is 8.57. The van der Waals surface area contributed by atoms with Gasteiger partial charge in [0, 0.05) is 45.8 Å². The Morgan fingerprint density at radius 1 is 1.36 bits per heavy atom. The minimum absolute atomic E-state index is 0.0309. The van der Waals surface area contributed by atoms with Crippen molar-refractivity contribution in [1.82, 2.24) is 10.6 Å². The van der Waals surface area contributed by atoms with E-state index < -0.39 is 0 Å². The maximum atomic E-state index is 14.1. The number of nitrogens with one attached hydrogen (secondary N) is 2. The van der Waals surface area contributed by atoms with E-state index in [-0.39, 0.29) is 17.6 Å². The maximum absolute atomic E-state index is 14.1. The largest absolute Gasteiger partial charge is 0.383 e. The monoisotopic (exact) mass is 348 g/mol. The van der Waals surface area contributed by atoms with Crippen molar-refractivity contribution < 1.29 is 13.9 Å². The summed E-state index contributed by atoms with van der Waals surface area (Å²) >= 11 is 0. The van der Waals surface area contributed by atoms with Crippen LogP contribution in [-0.4, -0.2) is 52.3 Å². The van der Waals surface area contributed by atoms with Crippen LogP contribution in [0.5, 0.6) is 0 Å². The Kier molecular flexibility index (Phi) is 7.64. The molecular formula is C18H25FN4O2. The van der Waals surface area contributed by atoms with Crippen molar-refractivity contribution >= 4 is 11.6 Å². The molecule has 6 nitrogen and oxygen atoms in total. The zero-order chi connectivity index (χ0) is 18.1. The number of amides is 1. The second kappa shape index (κ2) is 9.97. The lowest BCUT2D eigenvalue weighted by molar-refractivity contribution is -0.125. The van der Waals surface area contributed by atoms with Crippen molar-refractivity contribution in [1.29, 1.82) is 5.26 Å². The molecule has 7 heteroatoms. The molecule has 1 aromatic carbocycles. The molecule has 0 unspecified atom stereocenters. The number of rotatable bonds is 8. The number of ether oxygens (including phenoxy) is 1. The van der Waals surface area contributed by atoms with E-state index >= 15 is 0 Å². The number of carbonyl (C=O) groups excluding carboxylic acids is 1. The van der Waals surface area contributed by atoms with Crippen molar-refractivity contribution in [2.45, 2.75) is 12.8 Å². The van der Waals surface area contributed by atoms with E-state index in [0.717, 1.165) is 6.54 Å². The summed E-state index contributed by atoms with van der Waals surface area (Å²) in [6.07, 6.45) is 1.39. The van der Waals surface area contributed by atoms with Gasteiger partial charge in [-0.1, -0.05) is 0 Å². The minimum Gasteiger partial charge on any atom is -0.383 e. The average molecular weight is 348 g/mol. The van der Waals surface area contributed by atoms with Crippen LogP contribution in [0.2, 0.25) is 0 Å². The van der Waals surface area contributed by atoms with Gasteiger partial charge in [0.25, 0.3) is 0 Å². The van der Waals surface area contributed by atoms with Gasteiger partial charge in [0.2, 0.25) is 5.91 Å². The van der Waals surface area contributed by atoms with Crippen molar-refractivity contribution in [3.63, 3.8) is 0 Å². The van der Waals surface area contributed by atoms with E-state index in [1.165, 1.54) is 6.07 Å². The summed E-state index contributed by atoms with van der Waals surface area (Å²) in [6, 6.07) is 6.44. The number of hydrogen-bond donors (Lipinski definition) is 2. The summed E-state index contributed by atoms with van der Waals surface area (Å²) in [4.78, 5) is 14.1. The zero-order valence-corrected chi connectivity index (χ0v) is 14.6. The normalized spacial score (nSPS) is 15.0. The van der Waals surface area contributed by atoms with Crippen LogP contribution in [0.1, 0.15) is 18.4 Å². The van der Waals surface area contributed by atoms with Crippen LogP contribution in [0.15, 0.2) is 18.2 Å². The van der Waals surface area contributed by atoms with Crippen LogP contribution in [-0.2, 0) is 9.53 Å². The number of halogens is 1. The van der Waals surface area contributed by atoms with Gasteiger partial charge in [-0.2, -0.15) is 5.26 Å². The standard InChI is InChI=1S/C18H25FN4O2/c1-25-11-8-21-6-7-22-18(24)15-4-9-23(10-5-15)17-3-2-14(13-20)12-16(17)19/h2-3,12,15,21H,4-11H2,1H3,(H,22,24). The van der Waals surface area contributed by atoms with E-state index in [2.05, 4.69) is 10.6 Å². The van der Waals surface area contributed by atoms with Crippen molar-refractivity contribution in [2.24, 2.45) is 5.92 Å². The van der Waals surface area contributed by atoms with Crippen LogP contribution in [0, 0.1) is 23.1 Å². The van der Waals surface area contributed by atoms with Gasteiger partial charge in [0.05, 0.1) is 23.9 Å².